The monoisotopic (exact) mass is 385 g/mol. The Morgan fingerprint density at radius 3 is 2.36 bits per heavy atom. The summed E-state index contributed by atoms with van der Waals surface area (Å²) < 4.78 is 5.42. The van der Waals surface area contributed by atoms with Crippen molar-refractivity contribution in [3.8, 4) is 0 Å². The van der Waals surface area contributed by atoms with Crippen LogP contribution in [0.3, 0.4) is 0 Å². The molecular formula is C22H31N3O3. The quantitative estimate of drug-likeness (QED) is 0.846. The Kier molecular flexibility index (Phi) is 6.27. The van der Waals surface area contributed by atoms with Crippen molar-refractivity contribution in [3.05, 3.63) is 29.8 Å². The van der Waals surface area contributed by atoms with Gasteiger partial charge in [-0.15, -0.1) is 0 Å². The van der Waals surface area contributed by atoms with Crippen molar-refractivity contribution in [2.24, 2.45) is 11.8 Å². The Balaban J connectivity index is 1.31. The molecule has 0 bridgehead atoms. The van der Waals surface area contributed by atoms with Gasteiger partial charge >= 0.3 is 0 Å². The fourth-order valence-electron chi connectivity index (χ4n) is 4.29. The summed E-state index contributed by atoms with van der Waals surface area (Å²) in [5.74, 6) is 0.630. The Hall–Kier alpha value is -1.92. The van der Waals surface area contributed by atoms with Gasteiger partial charge in [-0.1, -0.05) is 24.6 Å². The van der Waals surface area contributed by atoms with E-state index in [1.165, 1.54) is 6.42 Å². The van der Waals surface area contributed by atoms with Gasteiger partial charge in [0, 0.05) is 50.2 Å². The van der Waals surface area contributed by atoms with Crippen molar-refractivity contribution in [2.75, 3.05) is 44.7 Å². The Morgan fingerprint density at radius 2 is 1.68 bits per heavy atom. The van der Waals surface area contributed by atoms with E-state index in [-0.39, 0.29) is 17.7 Å². The summed E-state index contributed by atoms with van der Waals surface area (Å²) in [6.07, 6.45) is 4.78. The first kappa shape index (κ1) is 19.4. The number of ether oxygens (including phenoxy) is 1. The molecule has 152 valence electrons. The molecule has 0 aromatic heterocycles. The average molecular weight is 386 g/mol. The van der Waals surface area contributed by atoms with Crippen LogP contribution in [0.4, 0.5) is 5.69 Å². The van der Waals surface area contributed by atoms with Gasteiger partial charge in [0.25, 0.3) is 0 Å². The van der Waals surface area contributed by atoms with E-state index in [1.54, 1.807) is 0 Å². The van der Waals surface area contributed by atoms with E-state index in [1.807, 2.05) is 23.1 Å². The molecule has 0 spiro atoms. The largest absolute Gasteiger partial charge is 0.379 e. The van der Waals surface area contributed by atoms with Crippen LogP contribution >= 0.6 is 0 Å². The van der Waals surface area contributed by atoms with Gasteiger partial charge < -0.3 is 15.0 Å². The summed E-state index contributed by atoms with van der Waals surface area (Å²) in [4.78, 5) is 29.6. The van der Waals surface area contributed by atoms with Crippen molar-refractivity contribution in [3.63, 3.8) is 0 Å². The first-order valence-corrected chi connectivity index (χ1v) is 10.7. The Morgan fingerprint density at radius 1 is 0.964 bits per heavy atom. The van der Waals surface area contributed by atoms with Gasteiger partial charge in [-0.2, -0.15) is 0 Å². The lowest BCUT2D eigenvalue weighted by atomic mass is 9.83. The number of nitrogens with zero attached hydrogens (tertiary/aromatic N) is 2. The maximum absolute atomic E-state index is 12.8. The van der Waals surface area contributed by atoms with Crippen molar-refractivity contribution < 1.29 is 14.3 Å². The maximum Gasteiger partial charge on any atom is 0.227 e. The highest BCUT2D eigenvalue weighted by atomic mass is 16.5. The van der Waals surface area contributed by atoms with E-state index in [0.29, 0.717) is 19.0 Å². The molecule has 0 radical (unpaired) electrons. The van der Waals surface area contributed by atoms with E-state index < -0.39 is 0 Å². The number of morpholine rings is 1. The van der Waals surface area contributed by atoms with Crippen molar-refractivity contribution in [2.45, 2.75) is 38.6 Å². The van der Waals surface area contributed by atoms with Crippen LogP contribution in [0.25, 0.3) is 0 Å². The van der Waals surface area contributed by atoms with E-state index in [0.717, 1.165) is 69.8 Å². The smallest absolute Gasteiger partial charge is 0.227 e. The summed E-state index contributed by atoms with van der Waals surface area (Å²) in [7, 11) is 0. The third kappa shape index (κ3) is 4.55. The molecule has 1 aliphatic carbocycles. The minimum atomic E-state index is -0.0121. The summed E-state index contributed by atoms with van der Waals surface area (Å²) in [6.45, 7) is 5.64. The maximum atomic E-state index is 12.8. The zero-order valence-corrected chi connectivity index (χ0v) is 16.6. The number of hydrogen-bond acceptors (Lipinski definition) is 4. The van der Waals surface area contributed by atoms with Crippen LogP contribution in [0.5, 0.6) is 0 Å². The SMILES string of the molecule is O=C(Nc1ccccc1CN1CCOCC1)C1CCN(C(=O)C2CCC2)CC1. The van der Waals surface area contributed by atoms with Gasteiger partial charge in [-0.25, -0.2) is 0 Å². The molecule has 1 N–H and O–H groups in total. The second-order valence-electron chi connectivity index (χ2n) is 8.26. The number of likely N-dealkylation sites (tertiary alicyclic amines) is 1. The summed E-state index contributed by atoms with van der Waals surface area (Å²) >= 11 is 0. The number of rotatable bonds is 5. The van der Waals surface area contributed by atoms with Crippen LogP contribution in [0, 0.1) is 11.8 Å². The number of anilines is 1. The van der Waals surface area contributed by atoms with Crippen LogP contribution in [-0.2, 0) is 20.9 Å². The normalized spacial score (nSPS) is 21.9. The predicted molar refractivity (Wildman–Crippen MR) is 108 cm³/mol. The van der Waals surface area contributed by atoms with E-state index in [2.05, 4.69) is 16.3 Å². The zero-order valence-electron chi connectivity index (χ0n) is 16.6. The fraction of sp³-hybridized carbons (Fsp3) is 0.636. The lowest BCUT2D eigenvalue weighted by Gasteiger charge is -2.36. The lowest BCUT2D eigenvalue weighted by Crippen LogP contribution is -2.45. The molecule has 2 aliphatic heterocycles. The van der Waals surface area contributed by atoms with E-state index >= 15 is 0 Å². The number of hydrogen-bond donors (Lipinski definition) is 1. The summed E-state index contributed by atoms with van der Waals surface area (Å²) in [6, 6.07) is 8.07. The van der Waals surface area contributed by atoms with Crippen molar-refractivity contribution >= 4 is 17.5 Å². The second-order valence-corrected chi connectivity index (χ2v) is 8.26. The molecule has 2 amide bonds. The minimum absolute atomic E-state index is 0.0121. The molecule has 1 aromatic rings. The first-order chi connectivity index (χ1) is 13.7. The van der Waals surface area contributed by atoms with Crippen LogP contribution in [-0.4, -0.2) is 61.0 Å². The Bertz CT molecular complexity index is 690. The molecule has 1 aromatic carbocycles. The molecule has 0 atom stereocenters. The van der Waals surface area contributed by atoms with Gasteiger partial charge in [0.1, 0.15) is 0 Å². The van der Waals surface area contributed by atoms with Crippen molar-refractivity contribution in [1.82, 2.24) is 9.80 Å². The average Bonchev–Trinajstić information content (AvgIpc) is 2.69. The van der Waals surface area contributed by atoms with E-state index in [9.17, 15) is 9.59 Å². The summed E-state index contributed by atoms with van der Waals surface area (Å²) in [5, 5.41) is 3.16. The number of nitrogens with one attached hydrogen (secondary N) is 1. The molecular weight excluding hydrogens is 354 g/mol. The molecule has 1 saturated carbocycles. The highest BCUT2D eigenvalue weighted by Crippen LogP contribution is 2.30. The van der Waals surface area contributed by atoms with Crippen molar-refractivity contribution in [1.29, 1.82) is 0 Å². The van der Waals surface area contributed by atoms with Crippen LogP contribution in [0.2, 0.25) is 0 Å². The molecule has 3 fully saturated rings. The topological polar surface area (TPSA) is 61.9 Å². The van der Waals surface area contributed by atoms with Gasteiger partial charge in [0.2, 0.25) is 11.8 Å². The standard InChI is InChI=1S/C22H31N3O3/c26-21(17-8-10-25(11-9-17)22(27)18-5-3-6-18)23-20-7-2-1-4-19(20)16-24-12-14-28-15-13-24/h1-2,4,7,17-18H,3,5-6,8-16H2,(H,23,26). The molecule has 2 heterocycles. The zero-order chi connectivity index (χ0) is 19.3. The minimum Gasteiger partial charge on any atom is -0.379 e. The molecule has 6 heteroatoms. The van der Waals surface area contributed by atoms with Crippen LogP contribution < -0.4 is 5.32 Å². The molecule has 4 rings (SSSR count). The highest BCUT2D eigenvalue weighted by Gasteiger charge is 2.33. The number of carbonyl (C=O) groups excluding carboxylic acids is 2. The number of carbonyl (C=O) groups is 2. The molecule has 28 heavy (non-hydrogen) atoms. The molecule has 3 aliphatic rings. The van der Waals surface area contributed by atoms with E-state index in [4.69, 9.17) is 4.74 Å². The first-order valence-electron chi connectivity index (χ1n) is 10.7. The van der Waals surface area contributed by atoms with Crippen LogP contribution in [0.15, 0.2) is 24.3 Å². The van der Waals surface area contributed by atoms with Crippen LogP contribution in [0.1, 0.15) is 37.7 Å². The van der Waals surface area contributed by atoms with Gasteiger partial charge in [0.05, 0.1) is 13.2 Å². The summed E-state index contributed by atoms with van der Waals surface area (Å²) in [5.41, 5.74) is 2.06. The second kappa shape index (κ2) is 9.05. The van der Waals surface area contributed by atoms with Gasteiger partial charge in [-0.3, -0.25) is 14.5 Å². The highest BCUT2D eigenvalue weighted by molar-refractivity contribution is 5.93. The van der Waals surface area contributed by atoms with Gasteiger partial charge in [-0.05, 0) is 37.3 Å². The number of piperidine rings is 1. The lowest BCUT2D eigenvalue weighted by molar-refractivity contribution is -0.140. The fourth-order valence-corrected chi connectivity index (χ4v) is 4.29. The Labute approximate surface area is 167 Å². The molecule has 2 saturated heterocycles. The predicted octanol–water partition coefficient (Wildman–Crippen LogP) is 2.50. The molecule has 0 unspecified atom stereocenters. The number of para-hydroxylation sites is 1. The molecule has 6 nitrogen and oxygen atoms in total. The third-order valence-electron chi connectivity index (χ3n) is 6.40. The number of amides is 2. The number of benzene rings is 1. The third-order valence-corrected chi connectivity index (χ3v) is 6.40. The van der Waals surface area contributed by atoms with Gasteiger partial charge in [0.15, 0.2) is 0 Å².